The van der Waals surface area contributed by atoms with Gasteiger partial charge in [-0.15, -0.1) is 0 Å². The van der Waals surface area contributed by atoms with Crippen LogP contribution in [0.4, 0.5) is 5.69 Å². The monoisotopic (exact) mass is 322 g/mol. The summed E-state index contributed by atoms with van der Waals surface area (Å²) in [5.41, 5.74) is 9.00. The maximum absolute atomic E-state index is 12.5. The molecule has 1 unspecified atom stereocenters. The Morgan fingerprint density at radius 1 is 1.04 bits per heavy atom. The van der Waals surface area contributed by atoms with E-state index in [0.717, 1.165) is 11.3 Å². The smallest absolute Gasteiger partial charge is 0.220 e. The molecule has 3 N–H and O–H groups in total. The first-order valence-electron chi connectivity index (χ1n) is 8.92. The number of hydrogen-bond acceptors (Lipinski definition) is 2. The molecule has 0 bridgehead atoms. The van der Waals surface area contributed by atoms with E-state index in [0.29, 0.717) is 18.8 Å². The Morgan fingerprint density at radius 2 is 1.71 bits per heavy atom. The van der Waals surface area contributed by atoms with E-state index in [2.05, 4.69) is 17.4 Å². The molecular weight excluding hydrogens is 296 g/mol. The van der Waals surface area contributed by atoms with Crippen molar-refractivity contribution in [3.63, 3.8) is 0 Å². The van der Waals surface area contributed by atoms with E-state index in [4.69, 9.17) is 5.73 Å². The second kappa shape index (κ2) is 8.00. The molecule has 1 saturated carbocycles. The zero-order chi connectivity index (χ0) is 16.8. The number of nitrogen functional groups attached to an aromatic ring is 1. The van der Waals surface area contributed by atoms with Crippen LogP contribution >= 0.6 is 0 Å². The van der Waals surface area contributed by atoms with Crippen molar-refractivity contribution in [1.29, 1.82) is 0 Å². The number of carbonyl (C=O) groups excluding carboxylic acids is 1. The molecule has 2 aromatic rings. The van der Waals surface area contributed by atoms with Crippen molar-refractivity contribution in [2.45, 2.75) is 44.6 Å². The summed E-state index contributed by atoms with van der Waals surface area (Å²) in [5, 5.41) is 3.29. The Kier molecular flexibility index (Phi) is 5.52. The maximum atomic E-state index is 12.5. The lowest BCUT2D eigenvalue weighted by molar-refractivity contribution is -0.122. The zero-order valence-electron chi connectivity index (χ0n) is 14.1. The molecule has 0 spiro atoms. The summed E-state index contributed by atoms with van der Waals surface area (Å²) < 4.78 is 0. The van der Waals surface area contributed by atoms with Gasteiger partial charge < -0.3 is 11.1 Å². The van der Waals surface area contributed by atoms with Crippen LogP contribution in [-0.2, 0) is 11.2 Å². The van der Waals surface area contributed by atoms with Gasteiger partial charge in [0.15, 0.2) is 0 Å². The van der Waals surface area contributed by atoms with Crippen LogP contribution in [0.3, 0.4) is 0 Å². The molecule has 1 fully saturated rings. The number of nitrogens with one attached hydrogen (secondary N) is 1. The molecule has 3 nitrogen and oxygen atoms in total. The van der Waals surface area contributed by atoms with Gasteiger partial charge in [-0.1, -0.05) is 61.4 Å². The van der Waals surface area contributed by atoms with Crippen LogP contribution in [0, 0.1) is 5.92 Å². The normalized spacial score (nSPS) is 16.0. The molecule has 1 atom stereocenters. The van der Waals surface area contributed by atoms with Crippen molar-refractivity contribution in [3.8, 4) is 0 Å². The van der Waals surface area contributed by atoms with Crippen LogP contribution in [0.5, 0.6) is 0 Å². The SMILES string of the molecule is Nc1ccccc1CCC(=O)NC(c1ccccc1)C1CCCC1. The van der Waals surface area contributed by atoms with Gasteiger partial charge in [-0.05, 0) is 42.4 Å². The zero-order valence-corrected chi connectivity index (χ0v) is 14.1. The maximum Gasteiger partial charge on any atom is 0.220 e. The number of rotatable bonds is 6. The molecule has 3 heteroatoms. The number of nitrogens with two attached hydrogens (primary N) is 1. The van der Waals surface area contributed by atoms with E-state index in [1.54, 1.807) is 0 Å². The predicted molar refractivity (Wildman–Crippen MR) is 98.5 cm³/mol. The molecule has 24 heavy (non-hydrogen) atoms. The molecule has 0 aliphatic heterocycles. The summed E-state index contributed by atoms with van der Waals surface area (Å²) in [6.07, 6.45) is 6.10. The van der Waals surface area contributed by atoms with Crippen molar-refractivity contribution in [2.75, 3.05) is 5.73 Å². The Labute approximate surface area is 144 Å². The highest BCUT2D eigenvalue weighted by Crippen LogP contribution is 2.35. The van der Waals surface area contributed by atoms with Crippen LogP contribution < -0.4 is 11.1 Å². The number of carbonyl (C=O) groups is 1. The summed E-state index contributed by atoms with van der Waals surface area (Å²) in [4.78, 5) is 12.5. The van der Waals surface area contributed by atoms with Crippen molar-refractivity contribution < 1.29 is 4.79 Å². The molecule has 0 saturated heterocycles. The molecule has 1 aliphatic rings. The number of para-hydroxylation sites is 1. The second-order valence-electron chi connectivity index (χ2n) is 6.70. The minimum Gasteiger partial charge on any atom is -0.399 e. The highest BCUT2D eigenvalue weighted by atomic mass is 16.1. The van der Waals surface area contributed by atoms with E-state index >= 15 is 0 Å². The fourth-order valence-electron chi connectivity index (χ4n) is 3.68. The molecule has 0 aromatic heterocycles. The molecule has 0 radical (unpaired) electrons. The topological polar surface area (TPSA) is 55.1 Å². The van der Waals surface area contributed by atoms with E-state index < -0.39 is 0 Å². The molecule has 1 amide bonds. The summed E-state index contributed by atoms with van der Waals surface area (Å²) >= 11 is 0. The van der Waals surface area contributed by atoms with Gasteiger partial charge in [0.05, 0.1) is 6.04 Å². The largest absolute Gasteiger partial charge is 0.399 e. The van der Waals surface area contributed by atoms with E-state index in [1.165, 1.54) is 31.2 Å². The van der Waals surface area contributed by atoms with Crippen molar-refractivity contribution in [3.05, 3.63) is 65.7 Å². The Hall–Kier alpha value is -2.29. The second-order valence-corrected chi connectivity index (χ2v) is 6.70. The standard InChI is InChI=1S/C21H26N2O/c22-19-13-7-6-8-16(19)14-15-20(24)23-21(18-11-4-5-12-18)17-9-2-1-3-10-17/h1-3,6-10,13,18,21H,4-5,11-12,14-15,22H2,(H,23,24). The van der Waals surface area contributed by atoms with Gasteiger partial charge in [0.25, 0.3) is 0 Å². The third kappa shape index (κ3) is 4.16. The first-order valence-corrected chi connectivity index (χ1v) is 8.92. The van der Waals surface area contributed by atoms with Gasteiger partial charge in [-0.2, -0.15) is 0 Å². The summed E-state index contributed by atoms with van der Waals surface area (Å²) in [6, 6.07) is 18.3. The highest BCUT2D eigenvalue weighted by Gasteiger charge is 2.27. The Balaban J connectivity index is 1.64. The van der Waals surface area contributed by atoms with Gasteiger partial charge in [-0.3, -0.25) is 4.79 Å². The number of benzene rings is 2. The fourth-order valence-corrected chi connectivity index (χ4v) is 3.68. The molecular formula is C21H26N2O. The third-order valence-electron chi connectivity index (χ3n) is 5.02. The van der Waals surface area contributed by atoms with Crippen LogP contribution in [0.2, 0.25) is 0 Å². The molecule has 2 aromatic carbocycles. The first kappa shape index (κ1) is 16.6. The van der Waals surface area contributed by atoms with E-state index in [1.807, 2.05) is 42.5 Å². The van der Waals surface area contributed by atoms with Gasteiger partial charge in [-0.25, -0.2) is 0 Å². The van der Waals surface area contributed by atoms with Gasteiger partial charge in [0.1, 0.15) is 0 Å². The molecule has 1 aliphatic carbocycles. The molecule has 3 rings (SSSR count). The van der Waals surface area contributed by atoms with Crippen molar-refractivity contribution >= 4 is 11.6 Å². The highest BCUT2D eigenvalue weighted by molar-refractivity contribution is 5.77. The fraction of sp³-hybridized carbons (Fsp3) is 0.381. The number of hydrogen-bond donors (Lipinski definition) is 2. The number of aryl methyl sites for hydroxylation is 1. The van der Waals surface area contributed by atoms with Crippen LogP contribution in [0.15, 0.2) is 54.6 Å². The summed E-state index contributed by atoms with van der Waals surface area (Å²) in [6.45, 7) is 0. The Morgan fingerprint density at radius 3 is 2.42 bits per heavy atom. The van der Waals surface area contributed by atoms with Crippen LogP contribution in [0.25, 0.3) is 0 Å². The summed E-state index contributed by atoms with van der Waals surface area (Å²) in [7, 11) is 0. The van der Waals surface area contributed by atoms with Gasteiger partial charge in [0, 0.05) is 12.1 Å². The van der Waals surface area contributed by atoms with Gasteiger partial charge in [0.2, 0.25) is 5.91 Å². The van der Waals surface area contributed by atoms with Gasteiger partial charge >= 0.3 is 0 Å². The van der Waals surface area contributed by atoms with Crippen LogP contribution in [-0.4, -0.2) is 5.91 Å². The number of amides is 1. The van der Waals surface area contributed by atoms with E-state index in [9.17, 15) is 4.79 Å². The number of anilines is 1. The average Bonchev–Trinajstić information content (AvgIpc) is 3.14. The lowest BCUT2D eigenvalue weighted by Crippen LogP contribution is -2.32. The molecule has 126 valence electrons. The average molecular weight is 322 g/mol. The summed E-state index contributed by atoms with van der Waals surface area (Å²) in [5.74, 6) is 0.664. The lowest BCUT2D eigenvalue weighted by Gasteiger charge is -2.25. The first-order chi connectivity index (χ1) is 11.7. The van der Waals surface area contributed by atoms with E-state index in [-0.39, 0.29) is 11.9 Å². The van der Waals surface area contributed by atoms with Crippen molar-refractivity contribution in [2.24, 2.45) is 5.92 Å². The lowest BCUT2D eigenvalue weighted by atomic mass is 9.91. The minimum absolute atomic E-state index is 0.110. The third-order valence-corrected chi connectivity index (χ3v) is 5.02. The Bertz CT molecular complexity index is 663. The minimum atomic E-state index is 0.110. The van der Waals surface area contributed by atoms with Crippen molar-refractivity contribution in [1.82, 2.24) is 5.32 Å². The predicted octanol–water partition coefficient (Wildman–Crippen LogP) is 4.25. The molecule has 0 heterocycles. The quantitative estimate of drug-likeness (QED) is 0.781. The van der Waals surface area contributed by atoms with Crippen LogP contribution in [0.1, 0.15) is 49.3 Å².